The second-order valence-corrected chi connectivity index (χ2v) is 7.67. The lowest BCUT2D eigenvalue weighted by atomic mass is 10.1. The maximum atomic E-state index is 12.2. The molecule has 0 aliphatic heterocycles. The van der Waals surface area contributed by atoms with E-state index >= 15 is 0 Å². The van der Waals surface area contributed by atoms with Crippen LogP contribution in [0.25, 0.3) is 11.0 Å². The molecule has 1 heterocycles. The molecule has 1 aromatic heterocycles. The van der Waals surface area contributed by atoms with Gasteiger partial charge in [-0.3, -0.25) is 4.79 Å². The molecule has 0 unspecified atom stereocenters. The van der Waals surface area contributed by atoms with Crippen molar-refractivity contribution >= 4 is 16.9 Å². The number of para-hydroxylation sites is 2. The maximum absolute atomic E-state index is 12.2. The second-order valence-electron chi connectivity index (χ2n) is 7.67. The molecule has 0 aliphatic carbocycles. The molecule has 2 aromatic carbocycles. The van der Waals surface area contributed by atoms with Crippen molar-refractivity contribution in [3.63, 3.8) is 0 Å². The molecule has 29 heavy (non-hydrogen) atoms. The molecule has 0 saturated carbocycles. The molecule has 1 amide bonds. The van der Waals surface area contributed by atoms with Crippen LogP contribution < -0.4 is 5.32 Å². The SMILES string of the molecule is CCCCCCCn1c(CCNC(=O)CCc2ccccc2)nc2ccccc21. The molecular formula is C25H33N3O. The molecule has 0 atom stereocenters. The van der Waals surface area contributed by atoms with E-state index in [0.29, 0.717) is 13.0 Å². The van der Waals surface area contributed by atoms with Crippen LogP contribution in [-0.4, -0.2) is 22.0 Å². The highest BCUT2D eigenvalue weighted by molar-refractivity contribution is 5.77. The van der Waals surface area contributed by atoms with Crippen LogP contribution in [0.4, 0.5) is 0 Å². The van der Waals surface area contributed by atoms with Gasteiger partial charge in [-0.2, -0.15) is 0 Å². The third kappa shape index (κ3) is 6.45. The van der Waals surface area contributed by atoms with Crippen molar-refractivity contribution in [1.29, 1.82) is 0 Å². The first kappa shape index (κ1) is 21.1. The first-order valence-corrected chi connectivity index (χ1v) is 11.0. The van der Waals surface area contributed by atoms with Crippen molar-refractivity contribution in [1.82, 2.24) is 14.9 Å². The first-order chi connectivity index (χ1) is 14.3. The number of benzene rings is 2. The Kier molecular flexibility index (Phi) is 8.29. The molecule has 0 spiro atoms. The van der Waals surface area contributed by atoms with Gasteiger partial charge in [0.25, 0.3) is 0 Å². The molecule has 0 radical (unpaired) electrons. The fraction of sp³-hybridized carbons (Fsp3) is 0.440. The van der Waals surface area contributed by atoms with Gasteiger partial charge in [-0.15, -0.1) is 0 Å². The topological polar surface area (TPSA) is 46.9 Å². The molecule has 154 valence electrons. The summed E-state index contributed by atoms with van der Waals surface area (Å²) in [5, 5.41) is 3.06. The van der Waals surface area contributed by atoms with Crippen molar-refractivity contribution in [3.8, 4) is 0 Å². The van der Waals surface area contributed by atoms with Gasteiger partial charge in [0.05, 0.1) is 11.0 Å². The summed E-state index contributed by atoms with van der Waals surface area (Å²) in [6.07, 6.45) is 8.39. The zero-order valence-corrected chi connectivity index (χ0v) is 17.6. The summed E-state index contributed by atoms with van der Waals surface area (Å²) in [4.78, 5) is 17.0. The van der Waals surface area contributed by atoms with E-state index in [2.05, 4.69) is 47.1 Å². The lowest BCUT2D eigenvalue weighted by molar-refractivity contribution is -0.121. The summed E-state index contributed by atoms with van der Waals surface area (Å²) in [6, 6.07) is 18.5. The standard InChI is InChI=1S/C25H33N3O/c1-2-3-4-5-11-20-28-23-15-10-9-14-22(23)27-24(28)18-19-26-25(29)17-16-21-12-7-6-8-13-21/h6-10,12-15H,2-5,11,16-20H2,1H3,(H,26,29). The summed E-state index contributed by atoms with van der Waals surface area (Å²) < 4.78 is 2.34. The summed E-state index contributed by atoms with van der Waals surface area (Å²) >= 11 is 0. The number of nitrogens with one attached hydrogen (secondary N) is 1. The third-order valence-electron chi connectivity index (χ3n) is 5.37. The second kappa shape index (κ2) is 11.4. The summed E-state index contributed by atoms with van der Waals surface area (Å²) in [5.74, 6) is 1.18. The van der Waals surface area contributed by atoms with E-state index in [9.17, 15) is 4.79 Å². The quantitative estimate of drug-likeness (QED) is 0.426. The minimum absolute atomic E-state index is 0.107. The molecule has 3 rings (SSSR count). The van der Waals surface area contributed by atoms with Crippen molar-refractivity contribution in [3.05, 3.63) is 66.0 Å². The number of hydrogen-bond acceptors (Lipinski definition) is 2. The van der Waals surface area contributed by atoms with E-state index < -0.39 is 0 Å². The Morgan fingerprint density at radius 3 is 2.52 bits per heavy atom. The van der Waals surface area contributed by atoms with Crippen LogP contribution in [0.15, 0.2) is 54.6 Å². The van der Waals surface area contributed by atoms with Gasteiger partial charge in [0, 0.05) is 25.9 Å². The predicted octanol–water partition coefficient (Wildman–Crippen LogP) is 5.30. The Balaban J connectivity index is 1.52. The van der Waals surface area contributed by atoms with Gasteiger partial charge in [-0.1, -0.05) is 75.1 Å². The number of carbonyl (C=O) groups is 1. The smallest absolute Gasteiger partial charge is 0.220 e. The Morgan fingerprint density at radius 1 is 0.931 bits per heavy atom. The fourth-order valence-corrected chi connectivity index (χ4v) is 3.74. The number of aryl methyl sites for hydroxylation is 2. The number of rotatable bonds is 12. The summed E-state index contributed by atoms with van der Waals surface area (Å²) in [6.45, 7) is 3.88. The van der Waals surface area contributed by atoms with Crippen LogP contribution in [0.2, 0.25) is 0 Å². The molecule has 4 nitrogen and oxygen atoms in total. The highest BCUT2D eigenvalue weighted by atomic mass is 16.1. The Hall–Kier alpha value is -2.62. The van der Waals surface area contributed by atoms with Gasteiger partial charge in [0.2, 0.25) is 5.91 Å². The third-order valence-corrected chi connectivity index (χ3v) is 5.37. The zero-order valence-electron chi connectivity index (χ0n) is 17.6. The van der Waals surface area contributed by atoms with Crippen LogP contribution in [-0.2, 0) is 24.2 Å². The predicted molar refractivity (Wildman–Crippen MR) is 120 cm³/mol. The van der Waals surface area contributed by atoms with E-state index in [0.717, 1.165) is 30.7 Å². The normalized spacial score (nSPS) is 11.1. The summed E-state index contributed by atoms with van der Waals surface area (Å²) in [7, 11) is 0. The van der Waals surface area contributed by atoms with Gasteiger partial charge >= 0.3 is 0 Å². The molecule has 3 aromatic rings. The van der Waals surface area contributed by atoms with Gasteiger partial charge in [0.1, 0.15) is 5.82 Å². The average molecular weight is 392 g/mol. The van der Waals surface area contributed by atoms with E-state index in [1.807, 2.05) is 24.3 Å². The number of carbonyl (C=O) groups excluding carboxylic acids is 1. The highest BCUT2D eigenvalue weighted by Gasteiger charge is 2.10. The fourth-order valence-electron chi connectivity index (χ4n) is 3.74. The Morgan fingerprint density at radius 2 is 1.69 bits per heavy atom. The molecule has 0 aliphatic rings. The van der Waals surface area contributed by atoms with Gasteiger partial charge in [-0.05, 0) is 30.5 Å². The van der Waals surface area contributed by atoms with Crippen molar-refractivity contribution in [2.75, 3.05) is 6.54 Å². The molecule has 4 heteroatoms. The number of fused-ring (bicyclic) bond motifs is 1. The summed E-state index contributed by atoms with van der Waals surface area (Å²) in [5.41, 5.74) is 3.45. The maximum Gasteiger partial charge on any atom is 0.220 e. The molecule has 0 bridgehead atoms. The van der Waals surface area contributed by atoms with Crippen LogP contribution >= 0.6 is 0 Å². The number of amides is 1. The first-order valence-electron chi connectivity index (χ1n) is 11.0. The van der Waals surface area contributed by atoms with E-state index in [1.165, 1.54) is 43.2 Å². The molecule has 1 N–H and O–H groups in total. The number of unbranched alkanes of at least 4 members (excludes halogenated alkanes) is 4. The van der Waals surface area contributed by atoms with E-state index in [-0.39, 0.29) is 5.91 Å². The highest BCUT2D eigenvalue weighted by Crippen LogP contribution is 2.18. The lowest BCUT2D eigenvalue weighted by Crippen LogP contribution is -2.26. The Bertz CT molecular complexity index is 885. The molecular weight excluding hydrogens is 358 g/mol. The lowest BCUT2D eigenvalue weighted by Gasteiger charge is -2.10. The molecule has 0 saturated heterocycles. The van der Waals surface area contributed by atoms with E-state index in [4.69, 9.17) is 4.98 Å². The van der Waals surface area contributed by atoms with Gasteiger partial charge in [-0.25, -0.2) is 4.98 Å². The van der Waals surface area contributed by atoms with Crippen LogP contribution in [0.5, 0.6) is 0 Å². The monoisotopic (exact) mass is 391 g/mol. The van der Waals surface area contributed by atoms with Gasteiger partial charge in [0.15, 0.2) is 0 Å². The van der Waals surface area contributed by atoms with Crippen LogP contribution in [0, 0.1) is 0 Å². The number of aromatic nitrogens is 2. The largest absolute Gasteiger partial charge is 0.356 e. The Labute approximate surface area is 174 Å². The van der Waals surface area contributed by atoms with Crippen molar-refractivity contribution in [2.45, 2.75) is 64.8 Å². The average Bonchev–Trinajstić information content (AvgIpc) is 3.10. The molecule has 0 fully saturated rings. The van der Waals surface area contributed by atoms with Crippen molar-refractivity contribution in [2.24, 2.45) is 0 Å². The van der Waals surface area contributed by atoms with Gasteiger partial charge < -0.3 is 9.88 Å². The van der Waals surface area contributed by atoms with Crippen LogP contribution in [0.1, 0.15) is 56.8 Å². The minimum Gasteiger partial charge on any atom is -0.356 e. The van der Waals surface area contributed by atoms with Crippen LogP contribution in [0.3, 0.4) is 0 Å². The zero-order chi connectivity index (χ0) is 20.3. The number of hydrogen-bond donors (Lipinski definition) is 1. The van der Waals surface area contributed by atoms with E-state index in [1.54, 1.807) is 0 Å². The van der Waals surface area contributed by atoms with Crippen molar-refractivity contribution < 1.29 is 4.79 Å². The number of nitrogens with zero attached hydrogens (tertiary/aromatic N) is 2. The minimum atomic E-state index is 0.107. The number of imidazole rings is 1.